The van der Waals surface area contributed by atoms with Gasteiger partial charge in [0.2, 0.25) is 0 Å². The first kappa shape index (κ1) is 11.1. The highest BCUT2D eigenvalue weighted by atomic mass is 16.5. The monoisotopic (exact) mass is 223 g/mol. The van der Waals surface area contributed by atoms with E-state index in [4.69, 9.17) is 4.74 Å². The Bertz CT molecular complexity index is 418. The van der Waals surface area contributed by atoms with Gasteiger partial charge >= 0.3 is 0 Å². The summed E-state index contributed by atoms with van der Waals surface area (Å²) in [7, 11) is 1.74. The molecule has 0 saturated carbocycles. The van der Waals surface area contributed by atoms with Gasteiger partial charge in [0.05, 0.1) is 17.5 Å². The van der Waals surface area contributed by atoms with Gasteiger partial charge in [-0.15, -0.1) is 0 Å². The SMILES string of the molecule is COC1(C)CCCN(c2cn[nH]c(=O)c2)C1. The summed E-state index contributed by atoms with van der Waals surface area (Å²) in [6, 6.07) is 1.58. The summed E-state index contributed by atoms with van der Waals surface area (Å²) in [4.78, 5) is 13.3. The minimum atomic E-state index is -0.165. The van der Waals surface area contributed by atoms with Crippen LogP contribution in [0.5, 0.6) is 0 Å². The third-order valence-corrected chi connectivity index (χ3v) is 3.17. The van der Waals surface area contributed by atoms with Crippen LogP contribution < -0.4 is 10.5 Å². The van der Waals surface area contributed by atoms with Crippen molar-refractivity contribution in [3.8, 4) is 0 Å². The van der Waals surface area contributed by atoms with Gasteiger partial charge in [0.25, 0.3) is 5.56 Å². The molecule has 0 aliphatic carbocycles. The fourth-order valence-corrected chi connectivity index (χ4v) is 2.13. The second-order valence-corrected chi connectivity index (χ2v) is 4.48. The summed E-state index contributed by atoms with van der Waals surface area (Å²) in [5.41, 5.74) is 0.579. The highest BCUT2D eigenvalue weighted by molar-refractivity contribution is 5.43. The van der Waals surface area contributed by atoms with Gasteiger partial charge in [0, 0.05) is 26.3 Å². The Hall–Kier alpha value is -1.36. The molecule has 1 atom stereocenters. The molecule has 2 heterocycles. The van der Waals surface area contributed by atoms with Gasteiger partial charge in [-0.2, -0.15) is 5.10 Å². The number of nitrogens with one attached hydrogen (secondary N) is 1. The topological polar surface area (TPSA) is 58.2 Å². The van der Waals surface area contributed by atoms with Gasteiger partial charge in [-0.1, -0.05) is 0 Å². The van der Waals surface area contributed by atoms with Crippen molar-refractivity contribution in [1.29, 1.82) is 0 Å². The Morgan fingerprint density at radius 2 is 2.44 bits per heavy atom. The van der Waals surface area contributed by atoms with Crippen molar-refractivity contribution in [2.75, 3.05) is 25.1 Å². The van der Waals surface area contributed by atoms with E-state index in [-0.39, 0.29) is 11.2 Å². The van der Waals surface area contributed by atoms with Gasteiger partial charge in [-0.25, -0.2) is 5.10 Å². The zero-order valence-corrected chi connectivity index (χ0v) is 9.69. The molecular weight excluding hydrogens is 206 g/mol. The summed E-state index contributed by atoms with van der Waals surface area (Å²) >= 11 is 0. The number of anilines is 1. The average molecular weight is 223 g/mol. The quantitative estimate of drug-likeness (QED) is 0.804. The van der Waals surface area contributed by atoms with E-state index in [0.717, 1.165) is 31.6 Å². The van der Waals surface area contributed by atoms with Crippen LogP contribution in [-0.4, -0.2) is 36.0 Å². The molecule has 16 heavy (non-hydrogen) atoms. The number of nitrogens with zero attached hydrogens (tertiary/aromatic N) is 2. The number of hydrogen-bond donors (Lipinski definition) is 1. The van der Waals surface area contributed by atoms with Gasteiger partial charge in [0.1, 0.15) is 0 Å². The average Bonchev–Trinajstić information content (AvgIpc) is 2.29. The highest BCUT2D eigenvalue weighted by Gasteiger charge is 2.30. The lowest BCUT2D eigenvalue weighted by atomic mass is 9.94. The zero-order valence-electron chi connectivity index (χ0n) is 9.69. The Morgan fingerprint density at radius 3 is 3.12 bits per heavy atom. The summed E-state index contributed by atoms with van der Waals surface area (Å²) < 4.78 is 5.51. The highest BCUT2D eigenvalue weighted by Crippen LogP contribution is 2.26. The number of H-pyrrole nitrogens is 1. The molecule has 1 N–H and O–H groups in total. The first-order chi connectivity index (χ1) is 7.63. The van der Waals surface area contributed by atoms with E-state index in [1.54, 1.807) is 19.4 Å². The van der Waals surface area contributed by atoms with Crippen LogP contribution in [0.4, 0.5) is 5.69 Å². The zero-order chi connectivity index (χ0) is 11.6. The van der Waals surface area contributed by atoms with E-state index < -0.39 is 0 Å². The standard InChI is InChI=1S/C11H17N3O2/c1-11(16-2)4-3-5-14(8-11)9-6-10(15)13-12-7-9/h6-7H,3-5,8H2,1-2H3,(H,13,15). The molecule has 5 heteroatoms. The first-order valence-electron chi connectivity index (χ1n) is 5.48. The molecule has 1 unspecified atom stereocenters. The van der Waals surface area contributed by atoms with E-state index >= 15 is 0 Å². The molecule has 1 aromatic rings. The second-order valence-electron chi connectivity index (χ2n) is 4.48. The molecule has 1 aliphatic heterocycles. The van der Waals surface area contributed by atoms with Crippen molar-refractivity contribution in [2.24, 2.45) is 0 Å². The minimum Gasteiger partial charge on any atom is -0.377 e. The maximum atomic E-state index is 11.2. The normalized spacial score (nSPS) is 25.8. The predicted octanol–water partition coefficient (Wildman–Crippen LogP) is 0.775. The molecule has 1 fully saturated rings. The van der Waals surface area contributed by atoms with E-state index in [0.29, 0.717) is 0 Å². The Balaban J connectivity index is 2.19. The van der Waals surface area contributed by atoms with Gasteiger partial charge in [-0.3, -0.25) is 4.79 Å². The fraction of sp³-hybridized carbons (Fsp3) is 0.636. The molecule has 0 bridgehead atoms. The third kappa shape index (κ3) is 2.24. The van der Waals surface area contributed by atoms with Crippen LogP contribution in [0.15, 0.2) is 17.1 Å². The summed E-state index contributed by atoms with van der Waals surface area (Å²) in [5, 5.41) is 6.20. The molecule has 0 amide bonds. The van der Waals surface area contributed by atoms with Crippen molar-refractivity contribution in [3.05, 3.63) is 22.6 Å². The van der Waals surface area contributed by atoms with Crippen molar-refractivity contribution in [1.82, 2.24) is 10.2 Å². The van der Waals surface area contributed by atoms with Crippen LogP contribution >= 0.6 is 0 Å². The second kappa shape index (κ2) is 4.25. The van der Waals surface area contributed by atoms with Crippen LogP contribution in [-0.2, 0) is 4.74 Å². The molecular formula is C11H17N3O2. The molecule has 0 spiro atoms. The number of methoxy groups -OCH3 is 1. The Labute approximate surface area is 94.4 Å². The fourth-order valence-electron chi connectivity index (χ4n) is 2.13. The largest absolute Gasteiger partial charge is 0.377 e. The van der Waals surface area contributed by atoms with Crippen LogP contribution in [0.25, 0.3) is 0 Å². The van der Waals surface area contributed by atoms with Crippen LogP contribution in [0.2, 0.25) is 0 Å². The summed E-state index contributed by atoms with van der Waals surface area (Å²) in [5.74, 6) is 0. The van der Waals surface area contributed by atoms with E-state index in [1.165, 1.54) is 0 Å². The summed E-state index contributed by atoms with van der Waals surface area (Å²) in [6.45, 7) is 3.85. The van der Waals surface area contributed by atoms with E-state index in [2.05, 4.69) is 22.0 Å². The first-order valence-corrected chi connectivity index (χ1v) is 5.48. The van der Waals surface area contributed by atoms with Gasteiger partial charge in [-0.05, 0) is 19.8 Å². The minimum absolute atomic E-state index is 0.124. The Kier molecular flexibility index (Phi) is 2.96. The van der Waals surface area contributed by atoms with Crippen molar-refractivity contribution >= 4 is 5.69 Å². The molecule has 88 valence electrons. The number of aromatic amines is 1. The molecule has 0 radical (unpaired) electrons. The van der Waals surface area contributed by atoms with Crippen LogP contribution in [0.3, 0.4) is 0 Å². The molecule has 0 aromatic carbocycles. The lowest BCUT2D eigenvalue weighted by Gasteiger charge is -2.40. The predicted molar refractivity (Wildman–Crippen MR) is 61.7 cm³/mol. The van der Waals surface area contributed by atoms with Crippen molar-refractivity contribution in [3.63, 3.8) is 0 Å². The van der Waals surface area contributed by atoms with Crippen molar-refractivity contribution in [2.45, 2.75) is 25.4 Å². The number of hydrogen-bond acceptors (Lipinski definition) is 4. The maximum absolute atomic E-state index is 11.2. The molecule has 2 rings (SSSR count). The third-order valence-electron chi connectivity index (χ3n) is 3.17. The number of aromatic nitrogens is 2. The molecule has 1 aromatic heterocycles. The number of rotatable bonds is 2. The molecule has 1 saturated heterocycles. The molecule has 5 nitrogen and oxygen atoms in total. The smallest absolute Gasteiger partial charge is 0.266 e. The Morgan fingerprint density at radius 1 is 1.62 bits per heavy atom. The lowest BCUT2D eigenvalue weighted by molar-refractivity contribution is -0.00467. The van der Waals surface area contributed by atoms with Gasteiger partial charge in [0.15, 0.2) is 0 Å². The summed E-state index contributed by atoms with van der Waals surface area (Å²) in [6.07, 6.45) is 3.80. The number of ether oxygens (including phenoxy) is 1. The van der Waals surface area contributed by atoms with E-state index in [1.807, 2.05) is 0 Å². The maximum Gasteiger partial charge on any atom is 0.266 e. The van der Waals surface area contributed by atoms with Crippen LogP contribution in [0, 0.1) is 0 Å². The van der Waals surface area contributed by atoms with Crippen LogP contribution in [0.1, 0.15) is 19.8 Å². The molecule has 1 aliphatic rings. The van der Waals surface area contributed by atoms with Crippen molar-refractivity contribution < 1.29 is 4.74 Å². The lowest BCUT2D eigenvalue weighted by Crippen LogP contribution is -2.47. The van der Waals surface area contributed by atoms with E-state index in [9.17, 15) is 4.79 Å². The number of piperidine rings is 1. The van der Waals surface area contributed by atoms with Gasteiger partial charge < -0.3 is 9.64 Å².